The minimum Gasteiger partial charge on any atom is -0.493 e. The first-order chi connectivity index (χ1) is 12.0. The van der Waals surface area contributed by atoms with Gasteiger partial charge >= 0.3 is 5.97 Å². The molecule has 140 valence electrons. The van der Waals surface area contributed by atoms with E-state index in [2.05, 4.69) is 41.1 Å². The Kier molecular flexibility index (Phi) is 9.43. The number of guanidine groups is 1. The van der Waals surface area contributed by atoms with Gasteiger partial charge in [-0.1, -0.05) is 26.0 Å². The molecule has 2 N–H and O–H groups in total. The number of nitrogens with zero attached hydrogens (tertiary/aromatic N) is 1. The van der Waals surface area contributed by atoms with Gasteiger partial charge in [-0.05, 0) is 37.5 Å². The van der Waals surface area contributed by atoms with Crippen molar-refractivity contribution in [3.8, 4) is 5.75 Å². The number of carbonyl (C=O) groups excluding carboxylic acids is 1. The number of esters is 1. The second kappa shape index (κ2) is 11.3. The molecule has 0 saturated carbocycles. The van der Waals surface area contributed by atoms with Gasteiger partial charge in [-0.25, -0.2) is 0 Å². The van der Waals surface area contributed by atoms with E-state index in [-0.39, 0.29) is 18.4 Å². The monoisotopic (exact) mass is 349 g/mol. The van der Waals surface area contributed by atoms with E-state index in [1.165, 1.54) is 7.11 Å². The average molecular weight is 349 g/mol. The summed E-state index contributed by atoms with van der Waals surface area (Å²) in [6.45, 7) is 10.2. The van der Waals surface area contributed by atoms with Gasteiger partial charge in [0, 0.05) is 6.54 Å². The van der Waals surface area contributed by atoms with Crippen LogP contribution in [0.25, 0.3) is 0 Å². The van der Waals surface area contributed by atoms with E-state index in [0.717, 1.165) is 17.9 Å². The van der Waals surface area contributed by atoms with Crippen LogP contribution in [-0.2, 0) is 9.53 Å². The lowest BCUT2D eigenvalue weighted by molar-refractivity contribution is -0.140. The first kappa shape index (κ1) is 20.8. The van der Waals surface area contributed by atoms with Crippen LogP contribution in [0.3, 0.4) is 0 Å². The largest absolute Gasteiger partial charge is 0.493 e. The molecule has 1 atom stereocenters. The van der Waals surface area contributed by atoms with Crippen molar-refractivity contribution >= 4 is 11.9 Å². The molecule has 25 heavy (non-hydrogen) atoms. The fourth-order valence-corrected chi connectivity index (χ4v) is 2.09. The third-order valence-corrected chi connectivity index (χ3v) is 3.47. The summed E-state index contributed by atoms with van der Waals surface area (Å²) in [4.78, 5) is 15.6. The van der Waals surface area contributed by atoms with Crippen LogP contribution in [0.15, 0.2) is 29.3 Å². The van der Waals surface area contributed by atoms with Crippen LogP contribution in [0, 0.1) is 5.92 Å². The minimum atomic E-state index is -0.260. The molecule has 0 bridgehead atoms. The zero-order valence-electron chi connectivity index (χ0n) is 16.0. The molecule has 1 aromatic rings. The lowest BCUT2D eigenvalue weighted by Crippen LogP contribution is -2.38. The zero-order chi connectivity index (χ0) is 18.7. The summed E-state index contributed by atoms with van der Waals surface area (Å²) >= 11 is 0. The first-order valence-corrected chi connectivity index (χ1v) is 8.80. The molecule has 6 heteroatoms. The Labute approximate surface area is 151 Å². The molecule has 6 nitrogen and oxygen atoms in total. The molecule has 0 aliphatic heterocycles. The Morgan fingerprint density at radius 3 is 2.44 bits per heavy atom. The van der Waals surface area contributed by atoms with Gasteiger partial charge in [0.1, 0.15) is 5.75 Å². The summed E-state index contributed by atoms with van der Waals surface area (Å²) in [7, 11) is 1.38. The fourth-order valence-electron chi connectivity index (χ4n) is 2.09. The quantitative estimate of drug-likeness (QED) is 0.407. The molecular weight excluding hydrogens is 318 g/mol. The van der Waals surface area contributed by atoms with Gasteiger partial charge in [0.25, 0.3) is 0 Å². The fraction of sp³-hybridized carbons (Fsp3) is 0.579. The normalized spacial score (nSPS) is 12.6. The van der Waals surface area contributed by atoms with E-state index in [4.69, 9.17) is 4.74 Å². The third-order valence-electron chi connectivity index (χ3n) is 3.47. The highest BCUT2D eigenvalue weighted by Gasteiger charge is 2.08. The number of methoxy groups -OCH3 is 1. The van der Waals surface area contributed by atoms with Gasteiger partial charge in [-0.15, -0.1) is 0 Å². The van der Waals surface area contributed by atoms with E-state index in [1.54, 1.807) is 0 Å². The highest BCUT2D eigenvalue weighted by molar-refractivity contribution is 5.80. The van der Waals surface area contributed by atoms with E-state index < -0.39 is 0 Å². The maximum Gasteiger partial charge on any atom is 0.307 e. The summed E-state index contributed by atoms with van der Waals surface area (Å²) in [6.07, 6.45) is 0.267. The van der Waals surface area contributed by atoms with Crippen LogP contribution in [0.2, 0.25) is 0 Å². The van der Waals surface area contributed by atoms with Crippen LogP contribution in [0.1, 0.15) is 45.7 Å². The minimum absolute atomic E-state index is 0.0788. The summed E-state index contributed by atoms with van der Waals surface area (Å²) in [6, 6.07) is 8.14. The number of nitrogens with one attached hydrogen (secondary N) is 2. The molecule has 0 heterocycles. The van der Waals surface area contributed by atoms with E-state index in [9.17, 15) is 4.79 Å². The highest BCUT2D eigenvalue weighted by atomic mass is 16.5. The van der Waals surface area contributed by atoms with Crippen LogP contribution < -0.4 is 15.4 Å². The Morgan fingerprint density at radius 2 is 1.88 bits per heavy atom. The molecule has 1 aromatic carbocycles. The zero-order valence-corrected chi connectivity index (χ0v) is 16.0. The predicted octanol–water partition coefficient (Wildman–Crippen LogP) is 2.90. The lowest BCUT2D eigenvalue weighted by atomic mass is 10.1. The molecule has 0 aliphatic rings. The Bertz CT molecular complexity index is 541. The molecule has 0 saturated heterocycles. The number of hydrogen-bond acceptors (Lipinski definition) is 4. The van der Waals surface area contributed by atoms with Crippen molar-refractivity contribution in [2.45, 2.75) is 40.2 Å². The van der Waals surface area contributed by atoms with Gasteiger partial charge in [-0.2, -0.15) is 0 Å². The molecule has 0 aromatic heterocycles. The molecule has 1 unspecified atom stereocenters. The number of carbonyl (C=O) groups is 1. The summed E-state index contributed by atoms with van der Waals surface area (Å²) in [5.41, 5.74) is 1.13. The Morgan fingerprint density at radius 1 is 1.20 bits per heavy atom. The predicted molar refractivity (Wildman–Crippen MR) is 101 cm³/mol. The van der Waals surface area contributed by atoms with Crippen molar-refractivity contribution in [1.29, 1.82) is 0 Å². The van der Waals surface area contributed by atoms with Crippen molar-refractivity contribution < 1.29 is 14.3 Å². The number of ether oxygens (including phenoxy) is 2. The molecule has 0 fully saturated rings. The average Bonchev–Trinajstić information content (AvgIpc) is 2.60. The molecule has 0 aliphatic carbocycles. The van der Waals surface area contributed by atoms with E-state index in [1.807, 2.05) is 31.2 Å². The van der Waals surface area contributed by atoms with Crippen molar-refractivity contribution in [3.63, 3.8) is 0 Å². The topological polar surface area (TPSA) is 72.0 Å². The number of benzene rings is 1. The SMILES string of the molecule is CCNC(=NCCC(=O)OC)NC(C)c1ccc(OCC(C)C)cc1. The van der Waals surface area contributed by atoms with Gasteiger partial charge in [0.15, 0.2) is 5.96 Å². The molecule has 0 amide bonds. The van der Waals surface area contributed by atoms with Crippen molar-refractivity contribution in [3.05, 3.63) is 29.8 Å². The molecular formula is C19H31N3O3. The highest BCUT2D eigenvalue weighted by Crippen LogP contribution is 2.18. The summed E-state index contributed by atoms with van der Waals surface area (Å²) in [5, 5.41) is 6.52. The van der Waals surface area contributed by atoms with Crippen LogP contribution in [0.5, 0.6) is 5.75 Å². The third kappa shape index (κ3) is 8.42. The van der Waals surface area contributed by atoms with Crippen molar-refractivity contribution in [2.24, 2.45) is 10.9 Å². The Hall–Kier alpha value is -2.24. The molecule has 0 radical (unpaired) electrons. The number of rotatable bonds is 9. The lowest BCUT2D eigenvalue weighted by Gasteiger charge is -2.18. The summed E-state index contributed by atoms with van der Waals surface area (Å²) < 4.78 is 10.3. The second-order valence-electron chi connectivity index (χ2n) is 6.23. The maximum absolute atomic E-state index is 11.2. The van der Waals surface area contributed by atoms with Crippen LogP contribution >= 0.6 is 0 Å². The number of aliphatic imine (C=N–C) groups is 1. The standard InChI is InChI=1S/C19H31N3O3/c1-6-20-19(21-12-11-18(23)24-5)22-15(4)16-7-9-17(10-8-16)25-13-14(2)3/h7-10,14-15H,6,11-13H2,1-5H3,(H2,20,21,22). The van der Waals surface area contributed by atoms with Crippen molar-refractivity contribution in [1.82, 2.24) is 10.6 Å². The first-order valence-electron chi connectivity index (χ1n) is 8.80. The maximum atomic E-state index is 11.2. The summed E-state index contributed by atoms with van der Waals surface area (Å²) in [5.74, 6) is 1.80. The van der Waals surface area contributed by atoms with Crippen LogP contribution in [0.4, 0.5) is 0 Å². The van der Waals surface area contributed by atoms with Gasteiger partial charge in [-0.3, -0.25) is 9.79 Å². The van der Waals surface area contributed by atoms with Crippen molar-refractivity contribution in [2.75, 3.05) is 26.8 Å². The molecule has 1 rings (SSSR count). The molecule has 0 spiro atoms. The van der Waals surface area contributed by atoms with E-state index >= 15 is 0 Å². The van der Waals surface area contributed by atoms with Gasteiger partial charge in [0.2, 0.25) is 0 Å². The smallest absolute Gasteiger partial charge is 0.307 e. The van der Waals surface area contributed by atoms with Gasteiger partial charge < -0.3 is 20.1 Å². The second-order valence-corrected chi connectivity index (χ2v) is 6.23. The van der Waals surface area contributed by atoms with E-state index in [0.29, 0.717) is 25.0 Å². The van der Waals surface area contributed by atoms with Crippen LogP contribution in [-0.4, -0.2) is 38.7 Å². The Balaban J connectivity index is 2.61. The number of hydrogen-bond donors (Lipinski definition) is 2. The van der Waals surface area contributed by atoms with Gasteiger partial charge in [0.05, 0.1) is 32.7 Å².